The number of hydrogen-bond donors (Lipinski definition) is 0. The third kappa shape index (κ3) is 4.04. The van der Waals surface area contributed by atoms with Gasteiger partial charge in [0.2, 0.25) is 0 Å². The molecule has 2 aliphatic rings. The van der Waals surface area contributed by atoms with E-state index in [1.165, 1.54) is 22.3 Å². The highest BCUT2D eigenvalue weighted by Gasteiger charge is 2.43. The Morgan fingerprint density at radius 3 is 2.06 bits per heavy atom. The monoisotopic (exact) mass is 632 g/mol. The van der Waals surface area contributed by atoms with Gasteiger partial charge >= 0.3 is 0 Å². The zero-order valence-electron chi connectivity index (χ0n) is 27.2. The molecule has 4 heteroatoms. The van der Waals surface area contributed by atoms with Gasteiger partial charge in [-0.3, -0.25) is 0 Å². The zero-order valence-corrected chi connectivity index (χ0v) is 27.2. The summed E-state index contributed by atoms with van der Waals surface area (Å²) in [4.78, 5) is 4.79. The van der Waals surface area contributed by atoms with Crippen molar-refractivity contribution in [1.82, 2.24) is 0 Å². The summed E-state index contributed by atoms with van der Waals surface area (Å²) in [5, 5.41) is 2.21. The molecule has 0 atom stereocenters. The average molecular weight is 633 g/mol. The molecule has 10 rings (SSSR count). The first-order valence-electron chi connectivity index (χ1n) is 16.8. The zero-order chi connectivity index (χ0) is 32.7. The Morgan fingerprint density at radius 2 is 1.18 bits per heavy atom. The number of ether oxygens (including phenoxy) is 1. The molecule has 0 N–H and O–H groups in total. The number of benzene rings is 7. The van der Waals surface area contributed by atoms with Gasteiger partial charge in [-0.05, 0) is 71.3 Å². The summed E-state index contributed by atoms with van der Waals surface area (Å²) in [7, 11) is 0. The summed E-state index contributed by atoms with van der Waals surface area (Å²) in [6, 6.07) is 55.7. The highest BCUT2D eigenvalue weighted by molar-refractivity contribution is 6.10. The van der Waals surface area contributed by atoms with Crippen LogP contribution in [0.2, 0.25) is 0 Å². The van der Waals surface area contributed by atoms with Crippen molar-refractivity contribution in [1.29, 1.82) is 0 Å². The SMILES string of the molecule is CC1(C)c2cccc3c2N(c2ccccc2O3)c2cccc(N(c3ccc(-c4ccccc4)cc3)c3cccc4c3oc3ccccc34)c21. The van der Waals surface area contributed by atoms with Gasteiger partial charge in [0.05, 0.1) is 28.4 Å². The maximum atomic E-state index is 6.70. The Bertz CT molecular complexity index is 2570. The number of furan rings is 1. The van der Waals surface area contributed by atoms with E-state index in [2.05, 4.69) is 169 Å². The van der Waals surface area contributed by atoms with Crippen LogP contribution in [0.4, 0.5) is 34.1 Å². The second-order valence-corrected chi connectivity index (χ2v) is 13.4. The largest absolute Gasteiger partial charge is 0.454 e. The predicted molar refractivity (Wildman–Crippen MR) is 201 cm³/mol. The molecule has 0 saturated heterocycles. The molecular weight excluding hydrogens is 601 g/mol. The van der Waals surface area contributed by atoms with E-state index in [0.717, 1.165) is 67.6 Å². The molecule has 0 saturated carbocycles. The summed E-state index contributed by atoms with van der Waals surface area (Å²) in [5.74, 6) is 1.73. The van der Waals surface area contributed by atoms with Crippen LogP contribution in [0, 0.1) is 0 Å². The van der Waals surface area contributed by atoms with Crippen molar-refractivity contribution < 1.29 is 9.15 Å². The first-order valence-corrected chi connectivity index (χ1v) is 16.8. The van der Waals surface area contributed by atoms with Gasteiger partial charge in [-0.2, -0.15) is 0 Å². The van der Waals surface area contributed by atoms with Crippen molar-refractivity contribution in [2.75, 3.05) is 9.80 Å². The molecule has 0 spiro atoms. The van der Waals surface area contributed by atoms with Gasteiger partial charge in [-0.15, -0.1) is 0 Å². The highest BCUT2D eigenvalue weighted by atomic mass is 16.5. The predicted octanol–water partition coefficient (Wildman–Crippen LogP) is 12.9. The van der Waals surface area contributed by atoms with Crippen LogP contribution >= 0.6 is 0 Å². The Kier molecular flexibility index (Phi) is 5.89. The number of fused-ring (bicyclic) bond motifs is 7. The number of rotatable bonds is 4. The Morgan fingerprint density at radius 1 is 0.531 bits per heavy atom. The molecule has 0 amide bonds. The van der Waals surface area contributed by atoms with Crippen molar-refractivity contribution in [3.05, 3.63) is 169 Å². The Balaban J connectivity index is 1.26. The van der Waals surface area contributed by atoms with E-state index >= 15 is 0 Å². The molecule has 3 heterocycles. The maximum Gasteiger partial charge on any atom is 0.159 e. The molecule has 4 nitrogen and oxygen atoms in total. The normalized spacial score (nSPS) is 13.8. The molecule has 7 aromatic carbocycles. The lowest BCUT2D eigenvalue weighted by atomic mass is 9.72. The van der Waals surface area contributed by atoms with Gasteiger partial charge in [0.25, 0.3) is 0 Å². The molecule has 0 bridgehead atoms. The van der Waals surface area contributed by atoms with Crippen molar-refractivity contribution in [3.8, 4) is 22.6 Å². The fourth-order valence-electron chi connectivity index (χ4n) is 7.98. The van der Waals surface area contributed by atoms with Crippen LogP contribution in [-0.2, 0) is 5.41 Å². The van der Waals surface area contributed by atoms with Crippen LogP contribution < -0.4 is 14.5 Å². The van der Waals surface area contributed by atoms with Crippen molar-refractivity contribution in [3.63, 3.8) is 0 Å². The quantitative estimate of drug-likeness (QED) is 0.193. The first-order chi connectivity index (χ1) is 24.1. The Labute approximate surface area is 285 Å². The topological polar surface area (TPSA) is 28.9 Å². The van der Waals surface area contributed by atoms with Gasteiger partial charge in [0.1, 0.15) is 5.58 Å². The number of para-hydroxylation sites is 5. The molecule has 49 heavy (non-hydrogen) atoms. The third-order valence-electron chi connectivity index (χ3n) is 10.2. The average Bonchev–Trinajstić information content (AvgIpc) is 3.53. The number of anilines is 6. The lowest BCUT2D eigenvalue weighted by Crippen LogP contribution is -2.34. The summed E-state index contributed by atoms with van der Waals surface area (Å²) in [6.45, 7) is 4.67. The fourth-order valence-corrected chi connectivity index (χ4v) is 7.98. The van der Waals surface area contributed by atoms with Gasteiger partial charge in [0.15, 0.2) is 17.1 Å². The summed E-state index contributed by atoms with van der Waals surface area (Å²) in [5.41, 5.74) is 12.6. The lowest BCUT2D eigenvalue weighted by Gasteiger charge is -2.46. The van der Waals surface area contributed by atoms with E-state index in [1.54, 1.807) is 0 Å². The van der Waals surface area contributed by atoms with Gasteiger partial charge in [-0.25, -0.2) is 0 Å². The van der Waals surface area contributed by atoms with E-state index in [1.807, 2.05) is 12.1 Å². The van der Waals surface area contributed by atoms with E-state index in [0.29, 0.717) is 0 Å². The van der Waals surface area contributed by atoms with Crippen LogP contribution in [-0.4, -0.2) is 0 Å². The summed E-state index contributed by atoms with van der Waals surface area (Å²) < 4.78 is 13.2. The van der Waals surface area contributed by atoms with Gasteiger partial charge < -0.3 is 19.0 Å². The number of hydrogen-bond acceptors (Lipinski definition) is 4. The molecule has 8 aromatic rings. The molecule has 1 aromatic heterocycles. The molecular formula is C45H32N2O2. The second kappa shape index (κ2) is 10.4. The smallest absolute Gasteiger partial charge is 0.159 e. The van der Waals surface area contributed by atoms with Crippen molar-refractivity contribution in [2.45, 2.75) is 19.3 Å². The van der Waals surface area contributed by atoms with E-state index < -0.39 is 0 Å². The summed E-state index contributed by atoms with van der Waals surface area (Å²) >= 11 is 0. The van der Waals surface area contributed by atoms with Crippen molar-refractivity contribution >= 4 is 56.1 Å². The molecule has 234 valence electrons. The molecule has 0 fully saturated rings. The van der Waals surface area contributed by atoms with Crippen LogP contribution in [0.15, 0.2) is 162 Å². The minimum Gasteiger partial charge on any atom is -0.454 e. The van der Waals surface area contributed by atoms with Crippen LogP contribution in [0.3, 0.4) is 0 Å². The van der Waals surface area contributed by atoms with Gasteiger partial charge in [0, 0.05) is 27.4 Å². The first kappa shape index (κ1) is 27.8. The van der Waals surface area contributed by atoms with Crippen LogP contribution in [0.1, 0.15) is 25.0 Å². The van der Waals surface area contributed by atoms with Gasteiger partial charge in [-0.1, -0.05) is 117 Å². The third-order valence-corrected chi connectivity index (χ3v) is 10.2. The van der Waals surface area contributed by atoms with E-state index in [4.69, 9.17) is 9.15 Å². The maximum absolute atomic E-state index is 6.70. The molecule has 2 aliphatic heterocycles. The lowest BCUT2D eigenvalue weighted by molar-refractivity contribution is 0.471. The molecule has 0 radical (unpaired) electrons. The molecule has 0 unspecified atom stereocenters. The Hall–Kier alpha value is -6.26. The van der Waals surface area contributed by atoms with Crippen LogP contribution in [0.5, 0.6) is 11.5 Å². The van der Waals surface area contributed by atoms with E-state index in [-0.39, 0.29) is 5.41 Å². The fraction of sp³-hybridized carbons (Fsp3) is 0.0667. The standard InChI is InChI=1S/C45H32N2O2/c1-45(2)34-17-11-24-41-43(34)47(35-18-7-9-23-40(35)48-41)37-20-12-19-36(42(37)45)46(31-27-25-30(26-28-31)29-13-4-3-5-14-29)38-21-10-16-33-32-15-6-8-22-39(32)49-44(33)38/h3-28H,1-2H3. The summed E-state index contributed by atoms with van der Waals surface area (Å²) in [6.07, 6.45) is 0. The van der Waals surface area contributed by atoms with Crippen LogP contribution in [0.25, 0.3) is 33.1 Å². The second-order valence-electron chi connectivity index (χ2n) is 13.4. The van der Waals surface area contributed by atoms with E-state index in [9.17, 15) is 0 Å². The minimum absolute atomic E-state index is 0.368. The highest BCUT2D eigenvalue weighted by Crippen LogP contribution is 2.62. The molecule has 0 aliphatic carbocycles. The minimum atomic E-state index is -0.368. The van der Waals surface area contributed by atoms with Crippen molar-refractivity contribution in [2.24, 2.45) is 0 Å². The number of nitrogens with zero attached hydrogens (tertiary/aromatic N) is 2.